The van der Waals surface area contributed by atoms with Crippen LogP contribution in [0.25, 0.3) is 0 Å². The lowest BCUT2D eigenvalue weighted by Gasteiger charge is -2.24. The summed E-state index contributed by atoms with van der Waals surface area (Å²) in [5.74, 6) is -0.850. The lowest BCUT2D eigenvalue weighted by molar-refractivity contribution is 0.0406. The van der Waals surface area contributed by atoms with E-state index in [1.807, 2.05) is 5.38 Å². The number of nitrogens with zero attached hydrogens (tertiary/aromatic N) is 2. The van der Waals surface area contributed by atoms with E-state index in [-0.39, 0.29) is 36.7 Å². The van der Waals surface area contributed by atoms with Crippen molar-refractivity contribution in [2.45, 2.75) is 19.1 Å². The van der Waals surface area contributed by atoms with Crippen LogP contribution >= 0.6 is 11.3 Å². The molecule has 2 aromatic carbocycles. The molecule has 0 aliphatic carbocycles. The van der Waals surface area contributed by atoms with Crippen molar-refractivity contribution >= 4 is 23.0 Å². The highest BCUT2D eigenvalue weighted by Gasteiger charge is 2.28. The van der Waals surface area contributed by atoms with Crippen molar-refractivity contribution in [2.24, 2.45) is 5.16 Å². The van der Waals surface area contributed by atoms with Crippen molar-refractivity contribution in [3.8, 4) is 0 Å². The van der Waals surface area contributed by atoms with Gasteiger partial charge in [-0.1, -0.05) is 41.6 Å². The minimum atomic E-state index is -0.356. The zero-order valence-corrected chi connectivity index (χ0v) is 16.2. The van der Waals surface area contributed by atoms with Gasteiger partial charge in [0.05, 0.1) is 17.1 Å². The third kappa shape index (κ3) is 4.51. The molecule has 1 aliphatic heterocycles. The Morgan fingerprint density at radius 3 is 2.62 bits per heavy atom. The topological polar surface area (TPSA) is 41.9 Å². The highest BCUT2D eigenvalue weighted by molar-refractivity contribution is 7.12. The number of oxime groups is 1. The summed E-state index contributed by atoms with van der Waals surface area (Å²) in [6, 6.07) is 16.0. The highest BCUT2D eigenvalue weighted by atomic mass is 32.1. The fourth-order valence-electron chi connectivity index (χ4n) is 3.19. The van der Waals surface area contributed by atoms with Crippen LogP contribution in [0.3, 0.4) is 0 Å². The fraction of sp³-hybridized carbons (Fsp3) is 0.182. The molecule has 29 heavy (non-hydrogen) atoms. The van der Waals surface area contributed by atoms with Crippen molar-refractivity contribution in [3.05, 3.63) is 93.7 Å². The molecular weight excluding hydrogens is 394 g/mol. The van der Waals surface area contributed by atoms with Gasteiger partial charge in [0, 0.05) is 18.5 Å². The van der Waals surface area contributed by atoms with Gasteiger partial charge in [0.1, 0.15) is 11.6 Å². The number of carbonyl (C=O) groups excluding carboxylic acids is 1. The van der Waals surface area contributed by atoms with E-state index in [1.165, 1.54) is 29.5 Å². The van der Waals surface area contributed by atoms with Crippen molar-refractivity contribution in [1.29, 1.82) is 0 Å². The molecule has 148 valence electrons. The Balaban J connectivity index is 1.49. The molecule has 0 radical (unpaired) electrons. The summed E-state index contributed by atoms with van der Waals surface area (Å²) in [5, 5.41) is 5.93. The first-order valence-electron chi connectivity index (χ1n) is 9.15. The van der Waals surface area contributed by atoms with Crippen molar-refractivity contribution < 1.29 is 18.4 Å². The first-order valence-corrected chi connectivity index (χ1v) is 10.0. The quantitative estimate of drug-likeness (QED) is 0.580. The number of carbonyl (C=O) groups is 1. The Bertz CT molecular complexity index is 1020. The van der Waals surface area contributed by atoms with Crippen molar-refractivity contribution in [1.82, 2.24) is 4.90 Å². The Morgan fingerprint density at radius 1 is 1.10 bits per heavy atom. The van der Waals surface area contributed by atoms with Crippen molar-refractivity contribution in [2.75, 3.05) is 6.54 Å². The van der Waals surface area contributed by atoms with E-state index in [1.54, 1.807) is 47.4 Å². The van der Waals surface area contributed by atoms with Gasteiger partial charge in [-0.2, -0.15) is 0 Å². The summed E-state index contributed by atoms with van der Waals surface area (Å²) in [7, 11) is 0. The van der Waals surface area contributed by atoms with Gasteiger partial charge in [-0.3, -0.25) is 4.79 Å². The van der Waals surface area contributed by atoms with Crippen LogP contribution in [0.1, 0.15) is 27.2 Å². The van der Waals surface area contributed by atoms with Crippen LogP contribution in [0.4, 0.5) is 8.78 Å². The predicted molar refractivity (Wildman–Crippen MR) is 108 cm³/mol. The number of thiophene rings is 1. The van der Waals surface area contributed by atoms with Gasteiger partial charge in [-0.05, 0) is 35.2 Å². The van der Waals surface area contributed by atoms with Crippen molar-refractivity contribution in [3.63, 3.8) is 0 Å². The molecule has 0 N–H and O–H groups in total. The van der Waals surface area contributed by atoms with Crippen LogP contribution in [-0.4, -0.2) is 29.2 Å². The maximum atomic E-state index is 14.2. The van der Waals surface area contributed by atoms with E-state index < -0.39 is 0 Å². The average Bonchev–Trinajstić information content (AvgIpc) is 3.41. The van der Waals surface area contributed by atoms with Gasteiger partial charge in [0.25, 0.3) is 5.91 Å². The second-order valence-electron chi connectivity index (χ2n) is 6.73. The zero-order valence-electron chi connectivity index (χ0n) is 15.4. The first kappa shape index (κ1) is 19.3. The van der Waals surface area contributed by atoms with Gasteiger partial charge in [-0.15, -0.1) is 11.3 Å². The van der Waals surface area contributed by atoms with Crippen LogP contribution < -0.4 is 0 Å². The minimum absolute atomic E-state index is 0.134. The van der Waals surface area contributed by atoms with E-state index >= 15 is 0 Å². The van der Waals surface area contributed by atoms with E-state index in [2.05, 4.69) is 5.16 Å². The Labute approximate surface area is 171 Å². The summed E-state index contributed by atoms with van der Waals surface area (Å²) in [6.45, 7) is 0.397. The summed E-state index contributed by atoms with van der Waals surface area (Å²) >= 11 is 1.34. The van der Waals surface area contributed by atoms with Gasteiger partial charge in [0.15, 0.2) is 6.10 Å². The van der Waals surface area contributed by atoms with E-state index in [0.29, 0.717) is 22.6 Å². The Kier molecular flexibility index (Phi) is 5.67. The second kappa shape index (κ2) is 8.53. The summed E-state index contributed by atoms with van der Waals surface area (Å²) in [5.41, 5.74) is 1.92. The van der Waals surface area contributed by atoms with E-state index in [9.17, 15) is 13.6 Å². The Morgan fingerprint density at radius 2 is 1.90 bits per heavy atom. The van der Waals surface area contributed by atoms with Gasteiger partial charge in [-0.25, -0.2) is 8.78 Å². The molecule has 7 heteroatoms. The van der Waals surface area contributed by atoms with Crippen LogP contribution in [0.5, 0.6) is 0 Å². The summed E-state index contributed by atoms with van der Waals surface area (Å²) < 4.78 is 27.3. The average molecular weight is 412 g/mol. The van der Waals surface area contributed by atoms with Crippen LogP contribution in [0.15, 0.2) is 71.2 Å². The van der Waals surface area contributed by atoms with Crippen LogP contribution in [0, 0.1) is 11.6 Å². The number of amides is 1. The van der Waals surface area contributed by atoms with Gasteiger partial charge in [0.2, 0.25) is 0 Å². The SMILES string of the molecule is O=C(c1cccs1)N(Cc1ccccc1F)C[C@H]1CC(c2ccc(F)cc2)=NO1. The molecule has 0 unspecified atom stereocenters. The maximum Gasteiger partial charge on any atom is 0.264 e. The number of halogens is 2. The molecule has 2 heterocycles. The molecule has 4 rings (SSSR count). The molecule has 1 aliphatic rings. The van der Waals surface area contributed by atoms with Crippen LogP contribution in [-0.2, 0) is 11.4 Å². The largest absolute Gasteiger partial charge is 0.390 e. The van der Waals surface area contributed by atoms with Crippen LogP contribution in [0.2, 0.25) is 0 Å². The molecule has 0 fully saturated rings. The fourth-order valence-corrected chi connectivity index (χ4v) is 3.88. The smallest absolute Gasteiger partial charge is 0.264 e. The maximum absolute atomic E-state index is 14.2. The van der Waals surface area contributed by atoms with Gasteiger partial charge >= 0.3 is 0 Å². The standard InChI is InChI=1S/C22H18F2N2O2S/c23-17-9-7-15(8-10-17)20-12-18(28-25-20)14-26(22(27)21-6-3-11-29-21)13-16-4-1-2-5-19(16)24/h1-11,18H,12-14H2/t18-/m1/s1. The highest BCUT2D eigenvalue weighted by Crippen LogP contribution is 2.22. The molecule has 0 spiro atoms. The van der Waals surface area contributed by atoms with Gasteiger partial charge < -0.3 is 9.74 Å². The number of rotatable bonds is 6. The minimum Gasteiger partial charge on any atom is -0.390 e. The number of benzene rings is 2. The molecular formula is C22H18F2N2O2S. The molecule has 0 bridgehead atoms. The Hall–Kier alpha value is -3.06. The third-order valence-corrected chi connectivity index (χ3v) is 5.53. The summed E-state index contributed by atoms with van der Waals surface area (Å²) in [4.78, 5) is 20.7. The number of hydrogen-bond donors (Lipinski definition) is 0. The number of hydrogen-bond acceptors (Lipinski definition) is 4. The van der Waals surface area contributed by atoms with E-state index in [0.717, 1.165) is 5.56 Å². The molecule has 4 nitrogen and oxygen atoms in total. The monoisotopic (exact) mass is 412 g/mol. The second-order valence-corrected chi connectivity index (χ2v) is 7.68. The molecule has 1 amide bonds. The lowest BCUT2D eigenvalue weighted by atomic mass is 10.0. The first-order chi connectivity index (χ1) is 14.1. The van der Waals surface area contributed by atoms with E-state index in [4.69, 9.17) is 4.84 Å². The lowest BCUT2D eigenvalue weighted by Crippen LogP contribution is -2.37. The molecule has 1 atom stereocenters. The summed E-state index contributed by atoms with van der Waals surface area (Å²) in [6.07, 6.45) is 0.127. The predicted octanol–water partition coefficient (Wildman–Crippen LogP) is 4.86. The third-order valence-electron chi connectivity index (χ3n) is 4.67. The molecule has 3 aromatic rings. The molecule has 0 saturated heterocycles. The molecule has 0 saturated carbocycles. The molecule has 1 aromatic heterocycles. The normalized spacial score (nSPS) is 15.7. The zero-order chi connectivity index (χ0) is 20.2.